The van der Waals surface area contributed by atoms with Gasteiger partial charge in [0, 0.05) is 6.54 Å². The first kappa shape index (κ1) is 11.7. The molecule has 1 aliphatic heterocycles. The minimum Gasteiger partial charge on any atom is -0.437 e. The maximum absolute atomic E-state index is 11.4. The zero-order chi connectivity index (χ0) is 13.2. The number of aromatic amines is 1. The fraction of sp³-hybridized carbons (Fsp3) is 0.231. The van der Waals surface area contributed by atoms with E-state index in [9.17, 15) is 4.79 Å². The average Bonchev–Trinajstić information content (AvgIpc) is 2.44. The molecule has 3 rings (SSSR count). The van der Waals surface area contributed by atoms with Crippen LogP contribution in [0.3, 0.4) is 0 Å². The largest absolute Gasteiger partial charge is 0.437 e. The molecule has 2 heterocycles. The highest BCUT2D eigenvalue weighted by Crippen LogP contribution is 2.25. The molecule has 0 aliphatic carbocycles. The first-order valence-corrected chi connectivity index (χ1v) is 6.07. The average molecular weight is 258 g/mol. The molecule has 0 bridgehead atoms. The van der Waals surface area contributed by atoms with Gasteiger partial charge in [-0.15, -0.1) is 0 Å². The maximum Gasteiger partial charge on any atom is 0.277 e. The van der Waals surface area contributed by atoms with Gasteiger partial charge in [-0.25, -0.2) is 4.98 Å². The minimum atomic E-state index is -0.396. The summed E-state index contributed by atoms with van der Waals surface area (Å²) in [5.74, 6) is 0.781. The van der Waals surface area contributed by atoms with Crippen LogP contribution in [-0.4, -0.2) is 16.5 Å². The lowest BCUT2D eigenvalue weighted by Gasteiger charge is -2.17. The predicted molar refractivity (Wildman–Crippen MR) is 71.2 cm³/mol. The standard InChI is InChI=1S/C13H14N4O2/c14-11-12(18)16-7-17-13(11)19-10-2-1-9-6-15-4-3-8(9)5-10/h1-2,5,7,15H,3-4,6,14H2,(H,16,17,18). The second-order valence-electron chi connectivity index (χ2n) is 4.41. The van der Waals surface area contributed by atoms with E-state index in [1.807, 2.05) is 18.2 Å². The van der Waals surface area contributed by atoms with Crippen molar-refractivity contribution in [2.45, 2.75) is 13.0 Å². The molecule has 1 aliphatic rings. The summed E-state index contributed by atoms with van der Waals surface area (Å²) >= 11 is 0. The molecule has 6 nitrogen and oxygen atoms in total. The van der Waals surface area contributed by atoms with E-state index in [4.69, 9.17) is 10.5 Å². The molecule has 0 fully saturated rings. The van der Waals surface area contributed by atoms with E-state index < -0.39 is 5.56 Å². The third-order valence-electron chi connectivity index (χ3n) is 3.13. The first-order valence-electron chi connectivity index (χ1n) is 6.07. The quantitative estimate of drug-likeness (QED) is 0.740. The normalized spacial score (nSPS) is 13.9. The van der Waals surface area contributed by atoms with Gasteiger partial charge in [0.15, 0.2) is 5.69 Å². The van der Waals surface area contributed by atoms with Crippen molar-refractivity contribution in [3.8, 4) is 11.6 Å². The molecular formula is C13H14N4O2. The molecule has 0 amide bonds. The van der Waals surface area contributed by atoms with E-state index in [-0.39, 0.29) is 11.6 Å². The van der Waals surface area contributed by atoms with Crippen molar-refractivity contribution in [1.29, 1.82) is 0 Å². The fourth-order valence-corrected chi connectivity index (χ4v) is 2.10. The lowest BCUT2D eigenvalue weighted by Crippen LogP contribution is -2.23. The van der Waals surface area contributed by atoms with E-state index in [1.165, 1.54) is 17.5 Å². The smallest absolute Gasteiger partial charge is 0.277 e. The molecule has 0 unspecified atom stereocenters. The molecule has 0 atom stereocenters. The van der Waals surface area contributed by atoms with E-state index in [0.717, 1.165) is 19.5 Å². The maximum atomic E-state index is 11.4. The molecule has 0 saturated carbocycles. The number of benzene rings is 1. The number of nitrogen functional groups attached to an aromatic ring is 1. The zero-order valence-electron chi connectivity index (χ0n) is 10.3. The van der Waals surface area contributed by atoms with E-state index >= 15 is 0 Å². The predicted octanol–water partition coefficient (Wildman–Crippen LogP) is 0.790. The first-order chi connectivity index (χ1) is 9.24. The highest BCUT2D eigenvalue weighted by molar-refractivity contribution is 5.48. The van der Waals surface area contributed by atoms with E-state index in [0.29, 0.717) is 5.75 Å². The Morgan fingerprint density at radius 2 is 2.21 bits per heavy atom. The summed E-state index contributed by atoms with van der Waals surface area (Å²) in [4.78, 5) is 17.7. The number of hydrogen-bond acceptors (Lipinski definition) is 5. The number of aromatic nitrogens is 2. The summed E-state index contributed by atoms with van der Waals surface area (Å²) in [6.45, 7) is 1.84. The topological polar surface area (TPSA) is 93.0 Å². The van der Waals surface area contributed by atoms with Crippen molar-refractivity contribution < 1.29 is 4.74 Å². The summed E-state index contributed by atoms with van der Waals surface area (Å²) in [5, 5.41) is 3.31. The van der Waals surface area contributed by atoms with Crippen molar-refractivity contribution in [1.82, 2.24) is 15.3 Å². The van der Waals surface area contributed by atoms with Gasteiger partial charge < -0.3 is 20.8 Å². The van der Waals surface area contributed by atoms with Gasteiger partial charge in [0.05, 0.1) is 6.33 Å². The van der Waals surface area contributed by atoms with Crippen LogP contribution in [0.2, 0.25) is 0 Å². The van der Waals surface area contributed by atoms with Crippen molar-refractivity contribution in [3.05, 3.63) is 46.0 Å². The lowest BCUT2D eigenvalue weighted by molar-refractivity contribution is 0.461. The van der Waals surface area contributed by atoms with Gasteiger partial charge in [-0.05, 0) is 36.2 Å². The summed E-state index contributed by atoms with van der Waals surface area (Å²) < 4.78 is 5.58. The Labute approximate surface area is 109 Å². The summed E-state index contributed by atoms with van der Waals surface area (Å²) in [6, 6.07) is 5.84. The Balaban J connectivity index is 1.91. The number of rotatable bonds is 2. The summed E-state index contributed by atoms with van der Waals surface area (Å²) in [5.41, 5.74) is 7.74. The second kappa shape index (κ2) is 4.74. The summed E-state index contributed by atoms with van der Waals surface area (Å²) in [6.07, 6.45) is 2.24. The molecular weight excluding hydrogens is 244 g/mol. The van der Waals surface area contributed by atoms with Gasteiger partial charge in [-0.2, -0.15) is 0 Å². The van der Waals surface area contributed by atoms with E-state index in [1.54, 1.807) is 0 Å². The second-order valence-corrected chi connectivity index (χ2v) is 4.41. The molecule has 1 aromatic carbocycles. The molecule has 0 spiro atoms. The van der Waals surface area contributed by atoms with Gasteiger partial charge in [-0.1, -0.05) is 6.07 Å². The van der Waals surface area contributed by atoms with Crippen LogP contribution in [-0.2, 0) is 13.0 Å². The highest BCUT2D eigenvalue weighted by atomic mass is 16.5. The Kier molecular flexibility index (Phi) is 2.92. The van der Waals surface area contributed by atoms with Crippen LogP contribution in [0.1, 0.15) is 11.1 Å². The molecule has 98 valence electrons. The Bertz CT molecular complexity index is 666. The number of nitrogens with one attached hydrogen (secondary N) is 2. The molecule has 4 N–H and O–H groups in total. The van der Waals surface area contributed by atoms with Crippen molar-refractivity contribution in [2.24, 2.45) is 0 Å². The van der Waals surface area contributed by atoms with Crippen LogP contribution in [0.5, 0.6) is 11.6 Å². The monoisotopic (exact) mass is 258 g/mol. The number of nitrogens with zero attached hydrogens (tertiary/aromatic N) is 1. The van der Waals surface area contributed by atoms with Crippen molar-refractivity contribution in [3.63, 3.8) is 0 Å². The number of H-pyrrole nitrogens is 1. The van der Waals surface area contributed by atoms with Crippen LogP contribution in [0.15, 0.2) is 29.3 Å². The Morgan fingerprint density at radius 1 is 1.32 bits per heavy atom. The van der Waals surface area contributed by atoms with Gasteiger partial charge in [0.1, 0.15) is 5.75 Å². The highest BCUT2D eigenvalue weighted by Gasteiger charge is 2.11. The number of anilines is 1. The van der Waals surface area contributed by atoms with Crippen molar-refractivity contribution in [2.75, 3.05) is 12.3 Å². The van der Waals surface area contributed by atoms with Gasteiger partial charge in [0.25, 0.3) is 5.56 Å². The SMILES string of the molecule is Nc1c(Oc2ccc3c(c2)CCNC3)nc[nH]c1=O. The van der Waals surface area contributed by atoms with Crippen LogP contribution in [0.4, 0.5) is 5.69 Å². The zero-order valence-corrected chi connectivity index (χ0v) is 10.3. The molecule has 1 aromatic heterocycles. The van der Waals surface area contributed by atoms with Gasteiger partial charge in [-0.3, -0.25) is 4.79 Å². The Morgan fingerprint density at radius 3 is 3.11 bits per heavy atom. The fourth-order valence-electron chi connectivity index (χ4n) is 2.10. The third-order valence-corrected chi connectivity index (χ3v) is 3.13. The number of ether oxygens (including phenoxy) is 1. The molecule has 19 heavy (non-hydrogen) atoms. The molecule has 0 saturated heterocycles. The lowest BCUT2D eigenvalue weighted by atomic mass is 10.0. The van der Waals surface area contributed by atoms with E-state index in [2.05, 4.69) is 15.3 Å². The van der Waals surface area contributed by atoms with Crippen LogP contribution >= 0.6 is 0 Å². The van der Waals surface area contributed by atoms with Crippen LogP contribution in [0, 0.1) is 0 Å². The van der Waals surface area contributed by atoms with Gasteiger partial charge >= 0.3 is 0 Å². The third kappa shape index (κ3) is 2.30. The molecule has 2 aromatic rings. The molecule has 0 radical (unpaired) electrons. The number of hydrogen-bond donors (Lipinski definition) is 3. The van der Waals surface area contributed by atoms with Crippen molar-refractivity contribution >= 4 is 5.69 Å². The summed E-state index contributed by atoms with van der Waals surface area (Å²) in [7, 11) is 0. The minimum absolute atomic E-state index is 0.0121. The van der Waals surface area contributed by atoms with Crippen LogP contribution < -0.4 is 21.3 Å². The number of fused-ring (bicyclic) bond motifs is 1. The van der Waals surface area contributed by atoms with Gasteiger partial charge in [0.2, 0.25) is 5.88 Å². The Hall–Kier alpha value is -2.34. The van der Waals surface area contributed by atoms with Crippen LogP contribution in [0.25, 0.3) is 0 Å². The number of nitrogens with two attached hydrogens (primary N) is 1. The molecule has 6 heteroatoms.